The van der Waals surface area contributed by atoms with Crippen LogP contribution in [-0.4, -0.2) is 49.7 Å². The van der Waals surface area contributed by atoms with Crippen molar-refractivity contribution in [1.82, 2.24) is 9.21 Å². The van der Waals surface area contributed by atoms with Crippen molar-refractivity contribution < 1.29 is 17.6 Å². The average Bonchev–Trinajstić information content (AvgIpc) is 3.26. The highest BCUT2D eigenvalue weighted by molar-refractivity contribution is 7.89. The number of hydrogen-bond donors (Lipinski definition) is 0. The van der Waals surface area contributed by atoms with Crippen molar-refractivity contribution in [3.63, 3.8) is 0 Å². The molecule has 0 N–H and O–H groups in total. The van der Waals surface area contributed by atoms with E-state index < -0.39 is 10.0 Å². The Labute approximate surface area is 165 Å². The minimum Gasteiger partial charge on any atom is -0.461 e. The zero-order valence-corrected chi connectivity index (χ0v) is 16.6. The summed E-state index contributed by atoms with van der Waals surface area (Å²) in [6.07, 6.45) is 4.35. The van der Waals surface area contributed by atoms with Crippen LogP contribution in [0.1, 0.15) is 30.8 Å². The number of benzene rings is 1. The van der Waals surface area contributed by atoms with Gasteiger partial charge in [0.15, 0.2) is 0 Å². The summed E-state index contributed by atoms with van der Waals surface area (Å²) in [5, 5.41) is 0. The summed E-state index contributed by atoms with van der Waals surface area (Å²) < 4.78 is 32.5. The highest BCUT2D eigenvalue weighted by atomic mass is 32.2. The fourth-order valence-electron chi connectivity index (χ4n) is 3.53. The standard InChI is InChI=1S/C21H24N2O4S/c1-16-15-19(16)20-9-7-17(27-20)8-10-21(24)22-11-13-23(14-12-22)28(25,26)18-5-3-2-4-6-18/h2-10,16,19H,11-15H2,1H3/b10-8+. The van der Waals surface area contributed by atoms with Crippen molar-refractivity contribution in [3.8, 4) is 0 Å². The molecule has 7 heteroatoms. The first-order chi connectivity index (χ1) is 13.4. The van der Waals surface area contributed by atoms with E-state index in [1.54, 1.807) is 41.3 Å². The van der Waals surface area contributed by atoms with E-state index in [9.17, 15) is 13.2 Å². The SMILES string of the molecule is CC1CC1c1ccc(/C=C/C(=O)N2CCN(S(=O)(=O)c3ccccc3)CC2)o1. The summed E-state index contributed by atoms with van der Waals surface area (Å²) in [4.78, 5) is 14.4. The van der Waals surface area contributed by atoms with Crippen molar-refractivity contribution in [2.24, 2.45) is 5.92 Å². The second kappa shape index (κ2) is 7.56. The second-order valence-corrected chi connectivity index (χ2v) is 9.37. The van der Waals surface area contributed by atoms with Crippen molar-refractivity contribution in [2.45, 2.75) is 24.2 Å². The Hall–Kier alpha value is -2.38. The number of amides is 1. The minimum absolute atomic E-state index is 0.130. The molecule has 6 nitrogen and oxygen atoms in total. The van der Waals surface area contributed by atoms with E-state index in [1.165, 1.54) is 10.4 Å². The summed E-state index contributed by atoms with van der Waals surface area (Å²) in [6, 6.07) is 12.3. The molecule has 1 aromatic heterocycles. The number of nitrogens with zero attached hydrogens (tertiary/aromatic N) is 2. The van der Waals surface area contributed by atoms with Crippen molar-refractivity contribution >= 4 is 22.0 Å². The molecule has 2 atom stereocenters. The molecule has 1 aromatic carbocycles. The van der Waals surface area contributed by atoms with Crippen LogP contribution in [0, 0.1) is 5.92 Å². The molecule has 28 heavy (non-hydrogen) atoms. The van der Waals surface area contributed by atoms with Gasteiger partial charge in [0.05, 0.1) is 4.90 Å². The lowest BCUT2D eigenvalue weighted by Gasteiger charge is -2.33. The van der Waals surface area contributed by atoms with Crippen LogP contribution in [0.25, 0.3) is 6.08 Å². The number of furan rings is 1. The van der Waals surface area contributed by atoms with Crippen LogP contribution in [-0.2, 0) is 14.8 Å². The predicted octanol–water partition coefficient (Wildman–Crippen LogP) is 2.95. The molecule has 1 saturated carbocycles. The lowest BCUT2D eigenvalue weighted by Crippen LogP contribution is -2.50. The third-order valence-electron chi connectivity index (χ3n) is 5.44. The Morgan fingerprint density at radius 3 is 2.39 bits per heavy atom. The van der Waals surface area contributed by atoms with Gasteiger partial charge in [0.1, 0.15) is 11.5 Å². The van der Waals surface area contributed by atoms with Gasteiger partial charge in [0, 0.05) is 38.2 Å². The number of carbonyl (C=O) groups excluding carboxylic acids is 1. The molecule has 1 saturated heterocycles. The molecule has 1 amide bonds. The van der Waals surface area contributed by atoms with Gasteiger partial charge in [-0.05, 0) is 42.7 Å². The molecule has 2 aliphatic rings. The fourth-order valence-corrected chi connectivity index (χ4v) is 4.97. The molecule has 0 bridgehead atoms. The van der Waals surface area contributed by atoms with Gasteiger partial charge in [-0.3, -0.25) is 4.79 Å². The highest BCUT2D eigenvalue weighted by Crippen LogP contribution is 2.47. The largest absolute Gasteiger partial charge is 0.461 e. The van der Waals surface area contributed by atoms with E-state index in [4.69, 9.17) is 4.42 Å². The fraction of sp³-hybridized carbons (Fsp3) is 0.381. The Kier molecular flexibility index (Phi) is 5.12. The first kappa shape index (κ1) is 19.0. The van der Waals surface area contributed by atoms with E-state index in [2.05, 4.69) is 6.92 Å². The number of carbonyl (C=O) groups is 1. The maximum absolute atomic E-state index is 12.7. The van der Waals surface area contributed by atoms with Gasteiger partial charge in [-0.15, -0.1) is 0 Å². The summed E-state index contributed by atoms with van der Waals surface area (Å²) in [6.45, 7) is 3.53. The zero-order chi connectivity index (χ0) is 19.7. The maximum atomic E-state index is 12.7. The van der Waals surface area contributed by atoms with E-state index in [-0.39, 0.29) is 10.8 Å². The molecule has 2 heterocycles. The van der Waals surface area contributed by atoms with Gasteiger partial charge < -0.3 is 9.32 Å². The van der Waals surface area contributed by atoms with E-state index in [0.717, 1.165) is 12.2 Å². The third kappa shape index (κ3) is 3.91. The Morgan fingerprint density at radius 1 is 1.07 bits per heavy atom. The van der Waals surface area contributed by atoms with Gasteiger partial charge in [0.2, 0.25) is 15.9 Å². The lowest BCUT2D eigenvalue weighted by molar-refractivity contribution is -0.127. The Morgan fingerprint density at radius 2 is 1.75 bits per heavy atom. The molecule has 4 rings (SSSR count). The molecule has 2 unspecified atom stereocenters. The average molecular weight is 401 g/mol. The molecule has 0 radical (unpaired) electrons. The van der Waals surface area contributed by atoms with Crippen molar-refractivity contribution in [3.05, 3.63) is 60.1 Å². The summed E-state index contributed by atoms with van der Waals surface area (Å²) in [5.41, 5.74) is 0. The van der Waals surface area contributed by atoms with Crippen LogP contribution < -0.4 is 0 Å². The molecule has 0 spiro atoms. The van der Waals surface area contributed by atoms with Crippen molar-refractivity contribution in [2.75, 3.05) is 26.2 Å². The van der Waals surface area contributed by atoms with Gasteiger partial charge in [-0.2, -0.15) is 4.31 Å². The van der Waals surface area contributed by atoms with E-state index in [1.807, 2.05) is 12.1 Å². The molecule has 2 fully saturated rings. The number of rotatable bonds is 5. The molecular weight excluding hydrogens is 376 g/mol. The molecule has 1 aliphatic heterocycles. The summed E-state index contributed by atoms with van der Waals surface area (Å²) in [5.74, 6) is 2.71. The van der Waals surface area contributed by atoms with Crippen LogP contribution in [0.5, 0.6) is 0 Å². The number of piperazine rings is 1. The van der Waals surface area contributed by atoms with Gasteiger partial charge in [-0.25, -0.2) is 8.42 Å². The van der Waals surface area contributed by atoms with Crippen LogP contribution in [0.3, 0.4) is 0 Å². The van der Waals surface area contributed by atoms with Gasteiger partial charge in [0.25, 0.3) is 0 Å². The number of sulfonamides is 1. The monoisotopic (exact) mass is 400 g/mol. The van der Waals surface area contributed by atoms with Crippen molar-refractivity contribution in [1.29, 1.82) is 0 Å². The van der Waals surface area contributed by atoms with Gasteiger partial charge >= 0.3 is 0 Å². The molecular formula is C21H24N2O4S. The number of hydrogen-bond acceptors (Lipinski definition) is 4. The van der Waals surface area contributed by atoms with Gasteiger partial charge in [-0.1, -0.05) is 25.1 Å². The molecule has 1 aliphatic carbocycles. The summed E-state index contributed by atoms with van der Waals surface area (Å²) in [7, 11) is -3.51. The minimum atomic E-state index is -3.51. The van der Waals surface area contributed by atoms with Crippen LogP contribution in [0.4, 0.5) is 0 Å². The van der Waals surface area contributed by atoms with Crippen LogP contribution >= 0.6 is 0 Å². The first-order valence-corrected chi connectivity index (χ1v) is 11.0. The zero-order valence-electron chi connectivity index (χ0n) is 15.8. The first-order valence-electron chi connectivity index (χ1n) is 9.57. The van der Waals surface area contributed by atoms with E-state index >= 15 is 0 Å². The second-order valence-electron chi connectivity index (χ2n) is 7.44. The Balaban J connectivity index is 1.33. The lowest BCUT2D eigenvalue weighted by atomic mass is 10.3. The normalized spacial score (nSPS) is 23.2. The molecule has 148 valence electrons. The highest BCUT2D eigenvalue weighted by Gasteiger charge is 2.36. The van der Waals surface area contributed by atoms with Crippen LogP contribution in [0.15, 0.2) is 57.9 Å². The quantitative estimate of drug-likeness (QED) is 0.724. The van der Waals surface area contributed by atoms with E-state index in [0.29, 0.717) is 43.8 Å². The smallest absolute Gasteiger partial charge is 0.246 e. The predicted molar refractivity (Wildman–Crippen MR) is 106 cm³/mol. The topological polar surface area (TPSA) is 70.8 Å². The molecule has 2 aromatic rings. The summed E-state index contributed by atoms with van der Waals surface area (Å²) >= 11 is 0. The van der Waals surface area contributed by atoms with Crippen LogP contribution in [0.2, 0.25) is 0 Å². The third-order valence-corrected chi connectivity index (χ3v) is 7.36. The Bertz CT molecular complexity index is 973. The maximum Gasteiger partial charge on any atom is 0.246 e.